The largest absolute Gasteiger partial charge is 0.487 e. The van der Waals surface area contributed by atoms with E-state index < -0.39 is 0 Å². The van der Waals surface area contributed by atoms with E-state index >= 15 is 0 Å². The highest BCUT2D eigenvalue weighted by atomic mass is 79.9. The Morgan fingerprint density at radius 3 is 3.00 bits per heavy atom. The number of aromatic nitrogens is 2. The van der Waals surface area contributed by atoms with Gasteiger partial charge in [-0.3, -0.25) is 4.68 Å². The molecule has 0 saturated heterocycles. The van der Waals surface area contributed by atoms with Crippen molar-refractivity contribution in [3.8, 4) is 5.75 Å². The van der Waals surface area contributed by atoms with Crippen LogP contribution in [0.3, 0.4) is 0 Å². The number of halogens is 1. The van der Waals surface area contributed by atoms with Crippen LogP contribution in [-0.2, 0) is 20.1 Å². The van der Waals surface area contributed by atoms with Gasteiger partial charge in [0.25, 0.3) is 0 Å². The first-order chi connectivity index (χ1) is 9.58. The molecule has 1 aromatic heterocycles. The molecule has 4 nitrogen and oxygen atoms in total. The molecule has 0 radical (unpaired) electrons. The Kier molecular flexibility index (Phi) is 3.56. The third-order valence-electron chi connectivity index (χ3n) is 3.90. The SMILES string of the molecule is Cc1nn(C)c(COc2cccc3c2CCC3N)c1Br. The average molecular weight is 336 g/mol. The third-order valence-corrected chi connectivity index (χ3v) is 4.93. The summed E-state index contributed by atoms with van der Waals surface area (Å²) in [6.07, 6.45) is 2.00. The molecule has 1 atom stereocenters. The fourth-order valence-corrected chi connectivity index (χ4v) is 3.22. The Morgan fingerprint density at radius 2 is 2.30 bits per heavy atom. The van der Waals surface area contributed by atoms with Crippen molar-refractivity contribution < 1.29 is 4.74 Å². The zero-order valence-corrected chi connectivity index (χ0v) is 13.3. The Balaban J connectivity index is 1.83. The lowest BCUT2D eigenvalue weighted by Gasteiger charge is -2.12. The maximum Gasteiger partial charge on any atom is 0.131 e. The highest BCUT2D eigenvalue weighted by Gasteiger charge is 2.22. The number of nitrogens with zero attached hydrogens (tertiary/aromatic N) is 2. The van der Waals surface area contributed by atoms with Crippen LogP contribution in [0, 0.1) is 6.92 Å². The summed E-state index contributed by atoms with van der Waals surface area (Å²) in [5.41, 5.74) is 10.6. The van der Waals surface area contributed by atoms with Crippen molar-refractivity contribution in [2.45, 2.75) is 32.4 Å². The fourth-order valence-electron chi connectivity index (χ4n) is 2.77. The second kappa shape index (κ2) is 5.22. The lowest BCUT2D eigenvalue weighted by molar-refractivity contribution is 0.291. The first kappa shape index (κ1) is 13.6. The van der Waals surface area contributed by atoms with Gasteiger partial charge < -0.3 is 10.5 Å². The van der Waals surface area contributed by atoms with E-state index in [9.17, 15) is 0 Å². The fraction of sp³-hybridized carbons (Fsp3) is 0.400. The normalized spacial score (nSPS) is 17.3. The van der Waals surface area contributed by atoms with E-state index in [1.807, 2.05) is 30.8 Å². The van der Waals surface area contributed by atoms with Crippen LogP contribution < -0.4 is 10.5 Å². The molecule has 3 rings (SSSR count). The molecule has 20 heavy (non-hydrogen) atoms. The Bertz CT molecular complexity index is 651. The van der Waals surface area contributed by atoms with Crippen LogP contribution in [0.1, 0.15) is 35.0 Å². The van der Waals surface area contributed by atoms with Gasteiger partial charge in [0, 0.05) is 13.1 Å². The van der Waals surface area contributed by atoms with E-state index in [-0.39, 0.29) is 6.04 Å². The topological polar surface area (TPSA) is 53.1 Å². The highest BCUT2D eigenvalue weighted by molar-refractivity contribution is 9.10. The van der Waals surface area contributed by atoms with Crippen LogP contribution >= 0.6 is 15.9 Å². The van der Waals surface area contributed by atoms with Gasteiger partial charge in [-0.25, -0.2) is 0 Å². The second-order valence-electron chi connectivity index (χ2n) is 5.23. The lowest BCUT2D eigenvalue weighted by atomic mass is 10.1. The summed E-state index contributed by atoms with van der Waals surface area (Å²) in [6.45, 7) is 2.48. The van der Waals surface area contributed by atoms with Gasteiger partial charge in [-0.05, 0) is 52.9 Å². The van der Waals surface area contributed by atoms with E-state index in [4.69, 9.17) is 10.5 Å². The Morgan fingerprint density at radius 1 is 1.50 bits per heavy atom. The Labute approximate surface area is 127 Å². The van der Waals surface area contributed by atoms with E-state index in [1.54, 1.807) is 0 Å². The number of nitrogens with two attached hydrogens (primary N) is 1. The molecule has 1 aliphatic rings. The molecule has 1 unspecified atom stereocenters. The van der Waals surface area contributed by atoms with Gasteiger partial charge in [0.1, 0.15) is 12.4 Å². The predicted octanol–water partition coefficient (Wildman–Crippen LogP) is 3.02. The van der Waals surface area contributed by atoms with Gasteiger partial charge >= 0.3 is 0 Å². The molecule has 1 heterocycles. The molecule has 0 fully saturated rings. The van der Waals surface area contributed by atoms with Gasteiger partial charge in [0.2, 0.25) is 0 Å². The van der Waals surface area contributed by atoms with Crippen LogP contribution in [-0.4, -0.2) is 9.78 Å². The van der Waals surface area contributed by atoms with Crippen LogP contribution in [0.25, 0.3) is 0 Å². The molecular weight excluding hydrogens is 318 g/mol. The van der Waals surface area contributed by atoms with Gasteiger partial charge in [-0.1, -0.05) is 12.1 Å². The smallest absolute Gasteiger partial charge is 0.131 e. The van der Waals surface area contributed by atoms with Crippen molar-refractivity contribution in [2.75, 3.05) is 0 Å². The Hall–Kier alpha value is -1.33. The number of ether oxygens (including phenoxy) is 1. The number of hydrogen-bond donors (Lipinski definition) is 1. The van der Waals surface area contributed by atoms with Crippen LogP contribution in [0.4, 0.5) is 0 Å². The quantitative estimate of drug-likeness (QED) is 0.937. The molecule has 106 valence electrons. The summed E-state index contributed by atoms with van der Waals surface area (Å²) in [5.74, 6) is 0.946. The number of rotatable bonds is 3. The van der Waals surface area contributed by atoms with Gasteiger partial charge in [0.05, 0.1) is 15.9 Å². The molecule has 5 heteroatoms. The number of fused-ring (bicyclic) bond motifs is 1. The molecule has 2 N–H and O–H groups in total. The summed E-state index contributed by atoms with van der Waals surface area (Å²) < 4.78 is 8.89. The van der Waals surface area contributed by atoms with Crippen molar-refractivity contribution in [2.24, 2.45) is 12.8 Å². The van der Waals surface area contributed by atoms with Crippen molar-refractivity contribution in [3.63, 3.8) is 0 Å². The zero-order chi connectivity index (χ0) is 14.3. The average Bonchev–Trinajstić information content (AvgIpc) is 2.91. The molecule has 1 aliphatic carbocycles. The molecule has 0 spiro atoms. The minimum absolute atomic E-state index is 0.152. The molecule has 1 aromatic carbocycles. The van der Waals surface area contributed by atoms with Gasteiger partial charge in [-0.15, -0.1) is 0 Å². The first-order valence-corrected chi connectivity index (χ1v) is 7.55. The van der Waals surface area contributed by atoms with Crippen LogP contribution in [0.2, 0.25) is 0 Å². The lowest BCUT2D eigenvalue weighted by Crippen LogP contribution is -2.06. The minimum Gasteiger partial charge on any atom is -0.487 e. The monoisotopic (exact) mass is 335 g/mol. The zero-order valence-electron chi connectivity index (χ0n) is 11.7. The van der Waals surface area contributed by atoms with Crippen molar-refractivity contribution in [1.29, 1.82) is 0 Å². The third kappa shape index (κ3) is 2.25. The summed E-state index contributed by atoms with van der Waals surface area (Å²) in [7, 11) is 1.93. The minimum atomic E-state index is 0.152. The molecule has 2 aromatic rings. The van der Waals surface area contributed by atoms with Crippen molar-refractivity contribution >= 4 is 15.9 Å². The van der Waals surface area contributed by atoms with Crippen LogP contribution in [0.15, 0.2) is 22.7 Å². The summed E-state index contributed by atoms with van der Waals surface area (Å²) in [6, 6.07) is 6.29. The molecule has 0 aliphatic heterocycles. The summed E-state index contributed by atoms with van der Waals surface area (Å²) in [5, 5.41) is 4.38. The van der Waals surface area contributed by atoms with Gasteiger partial charge in [0.15, 0.2) is 0 Å². The van der Waals surface area contributed by atoms with Crippen molar-refractivity contribution in [3.05, 3.63) is 45.2 Å². The first-order valence-electron chi connectivity index (χ1n) is 6.76. The van der Waals surface area contributed by atoms with E-state index in [2.05, 4.69) is 27.1 Å². The molecule has 0 amide bonds. The molecule has 0 bridgehead atoms. The summed E-state index contributed by atoms with van der Waals surface area (Å²) in [4.78, 5) is 0. The maximum atomic E-state index is 6.10. The molecular formula is C15H18BrN3O. The molecule has 0 saturated carbocycles. The second-order valence-corrected chi connectivity index (χ2v) is 6.02. The van der Waals surface area contributed by atoms with E-state index in [0.717, 1.165) is 34.5 Å². The predicted molar refractivity (Wildman–Crippen MR) is 81.7 cm³/mol. The number of hydrogen-bond acceptors (Lipinski definition) is 3. The van der Waals surface area contributed by atoms with Crippen LogP contribution in [0.5, 0.6) is 5.75 Å². The van der Waals surface area contributed by atoms with Gasteiger partial charge in [-0.2, -0.15) is 5.10 Å². The maximum absolute atomic E-state index is 6.10. The van der Waals surface area contributed by atoms with Crippen molar-refractivity contribution in [1.82, 2.24) is 9.78 Å². The van der Waals surface area contributed by atoms with E-state index in [0.29, 0.717) is 6.61 Å². The highest BCUT2D eigenvalue weighted by Crippen LogP contribution is 2.36. The summed E-state index contributed by atoms with van der Waals surface area (Å²) >= 11 is 3.56. The standard InChI is InChI=1S/C15H18BrN3O/c1-9-15(16)13(19(2)18-9)8-20-14-5-3-4-10-11(14)6-7-12(10)17/h3-5,12H,6-8,17H2,1-2H3. The van der Waals surface area contributed by atoms with E-state index in [1.165, 1.54) is 11.1 Å². The number of aryl methyl sites for hydroxylation is 2. The number of benzene rings is 1.